The number of hydrogen-bond donors (Lipinski definition) is 1. The second-order valence-electron chi connectivity index (χ2n) is 6.14. The third-order valence-electron chi connectivity index (χ3n) is 4.11. The highest BCUT2D eigenvalue weighted by atomic mass is 32.2. The van der Waals surface area contributed by atoms with Crippen LogP contribution in [-0.4, -0.2) is 20.2 Å². The molecule has 1 aliphatic rings. The van der Waals surface area contributed by atoms with Crippen LogP contribution in [-0.2, 0) is 10.0 Å². The number of nitrogens with one attached hydrogen (secondary N) is 1. The summed E-state index contributed by atoms with van der Waals surface area (Å²) < 4.78 is 27.6. The number of rotatable bonds is 4. The lowest BCUT2D eigenvalue weighted by Gasteiger charge is -2.27. The molecule has 1 aromatic carbocycles. The van der Waals surface area contributed by atoms with Gasteiger partial charge in [-0.05, 0) is 37.3 Å². The third kappa shape index (κ3) is 3.10. The Bertz CT molecular complexity index is 620. The molecule has 4 nitrogen and oxygen atoms in total. The summed E-state index contributed by atoms with van der Waals surface area (Å²) >= 11 is 0. The van der Waals surface area contributed by atoms with E-state index in [0.717, 1.165) is 19.3 Å². The van der Waals surface area contributed by atoms with Crippen molar-refractivity contribution in [2.24, 2.45) is 5.41 Å². The van der Waals surface area contributed by atoms with E-state index >= 15 is 0 Å². The van der Waals surface area contributed by atoms with Gasteiger partial charge in [-0.1, -0.05) is 32.4 Å². The molecule has 110 valence electrons. The number of carbonyl (C=O) groups is 1. The molecule has 0 bridgehead atoms. The summed E-state index contributed by atoms with van der Waals surface area (Å²) in [5.74, 6) is -0.136. The van der Waals surface area contributed by atoms with Crippen LogP contribution in [0.25, 0.3) is 0 Å². The Morgan fingerprint density at radius 1 is 1.35 bits per heavy atom. The summed E-state index contributed by atoms with van der Waals surface area (Å²) in [5.41, 5.74) is 0.393. The molecule has 1 saturated carbocycles. The van der Waals surface area contributed by atoms with Gasteiger partial charge in [-0.25, -0.2) is 13.1 Å². The Labute approximate surface area is 120 Å². The first-order valence-corrected chi connectivity index (χ1v) is 8.34. The molecule has 1 atom stereocenters. The fourth-order valence-electron chi connectivity index (χ4n) is 2.68. The van der Waals surface area contributed by atoms with E-state index in [1.807, 2.05) is 0 Å². The topological polar surface area (TPSA) is 63.2 Å². The first-order valence-electron chi connectivity index (χ1n) is 6.86. The Hall–Kier alpha value is -1.20. The summed E-state index contributed by atoms with van der Waals surface area (Å²) in [5, 5.41) is 0. The van der Waals surface area contributed by atoms with Gasteiger partial charge in [0.2, 0.25) is 10.0 Å². The number of Topliss-reactive ketones (excluding diaryl/α,β-unsaturated/α-hetero) is 1. The highest BCUT2D eigenvalue weighted by Crippen LogP contribution is 2.37. The lowest BCUT2D eigenvalue weighted by atomic mass is 9.88. The van der Waals surface area contributed by atoms with E-state index in [4.69, 9.17) is 0 Å². The first kappa shape index (κ1) is 15.2. The van der Waals surface area contributed by atoms with Crippen LogP contribution >= 0.6 is 0 Å². The Morgan fingerprint density at radius 3 is 2.60 bits per heavy atom. The van der Waals surface area contributed by atoms with Crippen LogP contribution in [0, 0.1) is 5.41 Å². The molecule has 0 radical (unpaired) electrons. The molecule has 20 heavy (non-hydrogen) atoms. The van der Waals surface area contributed by atoms with Crippen molar-refractivity contribution in [3.63, 3.8) is 0 Å². The highest BCUT2D eigenvalue weighted by Gasteiger charge is 2.37. The van der Waals surface area contributed by atoms with E-state index < -0.39 is 10.0 Å². The maximum atomic E-state index is 12.4. The molecule has 1 unspecified atom stereocenters. The van der Waals surface area contributed by atoms with Crippen molar-refractivity contribution >= 4 is 15.8 Å². The van der Waals surface area contributed by atoms with Crippen LogP contribution < -0.4 is 4.72 Å². The fraction of sp³-hybridized carbons (Fsp3) is 0.533. The quantitative estimate of drug-likeness (QED) is 0.869. The van der Waals surface area contributed by atoms with E-state index in [2.05, 4.69) is 18.6 Å². The van der Waals surface area contributed by atoms with E-state index in [9.17, 15) is 13.2 Å². The van der Waals surface area contributed by atoms with E-state index in [1.54, 1.807) is 12.1 Å². The molecule has 0 aromatic heterocycles. The minimum atomic E-state index is -3.57. The van der Waals surface area contributed by atoms with Gasteiger partial charge in [-0.3, -0.25) is 4.79 Å². The summed E-state index contributed by atoms with van der Waals surface area (Å²) in [7, 11) is -3.57. The average Bonchev–Trinajstić information content (AvgIpc) is 2.68. The molecule has 0 heterocycles. The van der Waals surface area contributed by atoms with Crippen molar-refractivity contribution in [2.75, 3.05) is 0 Å². The van der Waals surface area contributed by atoms with Crippen molar-refractivity contribution in [2.45, 2.75) is 51.0 Å². The summed E-state index contributed by atoms with van der Waals surface area (Å²) in [6.45, 7) is 5.59. The van der Waals surface area contributed by atoms with Crippen molar-refractivity contribution in [3.05, 3.63) is 29.8 Å². The molecule has 0 spiro atoms. The highest BCUT2D eigenvalue weighted by molar-refractivity contribution is 7.89. The maximum Gasteiger partial charge on any atom is 0.240 e. The van der Waals surface area contributed by atoms with Crippen LogP contribution in [0.1, 0.15) is 50.4 Å². The van der Waals surface area contributed by atoms with Gasteiger partial charge in [0.05, 0.1) is 4.90 Å². The Morgan fingerprint density at radius 2 is 2.05 bits per heavy atom. The molecule has 0 saturated heterocycles. The molecule has 5 heteroatoms. The zero-order valence-corrected chi connectivity index (χ0v) is 13.0. The lowest BCUT2D eigenvalue weighted by Crippen LogP contribution is -2.41. The van der Waals surface area contributed by atoms with Gasteiger partial charge in [0.15, 0.2) is 5.78 Å². The van der Waals surface area contributed by atoms with Crippen molar-refractivity contribution in [3.8, 4) is 0 Å². The number of sulfonamides is 1. The molecule has 1 aliphatic carbocycles. The molecule has 0 aliphatic heterocycles. The van der Waals surface area contributed by atoms with E-state index in [0.29, 0.717) is 5.56 Å². The van der Waals surface area contributed by atoms with E-state index in [-0.39, 0.29) is 22.1 Å². The van der Waals surface area contributed by atoms with E-state index in [1.165, 1.54) is 19.1 Å². The van der Waals surface area contributed by atoms with Crippen LogP contribution in [0.3, 0.4) is 0 Å². The van der Waals surface area contributed by atoms with Crippen LogP contribution in [0.15, 0.2) is 29.2 Å². The van der Waals surface area contributed by atoms with Gasteiger partial charge in [-0.2, -0.15) is 0 Å². The number of hydrogen-bond acceptors (Lipinski definition) is 3. The molecular formula is C15H21NO3S. The van der Waals surface area contributed by atoms with Gasteiger partial charge in [0.1, 0.15) is 0 Å². The van der Waals surface area contributed by atoms with Crippen molar-refractivity contribution in [1.29, 1.82) is 0 Å². The Balaban J connectivity index is 2.27. The summed E-state index contributed by atoms with van der Waals surface area (Å²) in [4.78, 5) is 11.5. The number of carbonyl (C=O) groups excluding carboxylic acids is 1. The predicted octanol–water partition coefficient (Wildman–Crippen LogP) is 2.75. The maximum absolute atomic E-state index is 12.4. The van der Waals surface area contributed by atoms with Crippen molar-refractivity contribution < 1.29 is 13.2 Å². The second kappa shape index (κ2) is 5.30. The standard InChI is InChI=1S/C15H21NO3S/c1-11(17)12-6-4-7-13(10-12)20(18,19)16-14-8-5-9-15(14,2)3/h4,6-7,10,14,16H,5,8-9H2,1-3H3. The van der Waals surface area contributed by atoms with Crippen LogP contribution in [0.2, 0.25) is 0 Å². The third-order valence-corrected chi connectivity index (χ3v) is 5.57. The zero-order chi connectivity index (χ0) is 15.0. The van der Waals surface area contributed by atoms with Gasteiger partial charge in [-0.15, -0.1) is 0 Å². The molecule has 1 aromatic rings. The molecule has 2 rings (SSSR count). The second-order valence-corrected chi connectivity index (χ2v) is 7.85. The molecule has 1 N–H and O–H groups in total. The molecule has 0 amide bonds. The van der Waals surface area contributed by atoms with Gasteiger partial charge < -0.3 is 0 Å². The average molecular weight is 295 g/mol. The van der Waals surface area contributed by atoms with Gasteiger partial charge in [0.25, 0.3) is 0 Å². The fourth-order valence-corrected chi connectivity index (χ4v) is 4.17. The zero-order valence-electron chi connectivity index (χ0n) is 12.1. The van der Waals surface area contributed by atoms with Crippen molar-refractivity contribution in [1.82, 2.24) is 4.72 Å². The predicted molar refractivity (Wildman–Crippen MR) is 78.2 cm³/mol. The monoisotopic (exact) mass is 295 g/mol. The molecule has 1 fully saturated rings. The lowest BCUT2D eigenvalue weighted by molar-refractivity contribution is 0.101. The summed E-state index contributed by atoms with van der Waals surface area (Å²) in [6, 6.07) is 6.14. The summed E-state index contributed by atoms with van der Waals surface area (Å²) in [6.07, 6.45) is 2.92. The van der Waals surface area contributed by atoms with Gasteiger partial charge in [0, 0.05) is 11.6 Å². The normalized spacial score (nSPS) is 21.9. The minimum Gasteiger partial charge on any atom is -0.295 e. The number of benzene rings is 1. The largest absolute Gasteiger partial charge is 0.295 e. The smallest absolute Gasteiger partial charge is 0.240 e. The number of ketones is 1. The van der Waals surface area contributed by atoms with Crippen LogP contribution in [0.4, 0.5) is 0 Å². The minimum absolute atomic E-state index is 0.0226. The molecular weight excluding hydrogens is 274 g/mol. The van der Waals surface area contributed by atoms with Crippen LogP contribution in [0.5, 0.6) is 0 Å². The Kier molecular flexibility index (Phi) is 4.02. The first-order chi connectivity index (χ1) is 9.22. The van der Waals surface area contributed by atoms with Gasteiger partial charge >= 0.3 is 0 Å². The SMILES string of the molecule is CC(=O)c1cccc(S(=O)(=O)NC2CCCC2(C)C)c1.